The molecule has 1 heterocycles. The lowest BCUT2D eigenvalue weighted by atomic mass is 10.0. The summed E-state index contributed by atoms with van der Waals surface area (Å²) in [5, 5.41) is 12.0. The summed E-state index contributed by atoms with van der Waals surface area (Å²) in [6, 6.07) is 3.96. The molecule has 0 aliphatic carbocycles. The van der Waals surface area contributed by atoms with Crippen molar-refractivity contribution in [1.29, 1.82) is 5.26 Å². The van der Waals surface area contributed by atoms with E-state index in [1.807, 2.05) is 6.07 Å². The Morgan fingerprint density at radius 1 is 1.56 bits per heavy atom. The maximum absolute atomic E-state index is 8.70. The van der Waals surface area contributed by atoms with Gasteiger partial charge in [-0.2, -0.15) is 5.26 Å². The summed E-state index contributed by atoms with van der Waals surface area (Å²) in [6.07, 6.45) is 2.63. The van der Waals surface area contributed by atoms with Crippen LogP contribution in [-0.2, 0) is 0 Å². The summed E-state index contributed by atoms with van der Waals surface area (Å²) < 4.78 is 0. The van der Waals surface area contributed by atoms with Gasteiger partial charge in [0.05, 0.1) is 11.3 Å². The predicted octanol–water partition coefficient (Wildman–Crippen LogP) is 2.38. The average molecular weight is 218 g/mol. The molecule has 4 heteroatoms. The molecular formula is C12H18N4. The largest absolute Gasteiger partial charge is 0.396 e. The van der Waals surface area contributed by atoms with E-state index in [-0.39, 0.29) is 0 Å². The molecule has 0 radical (unpaired) electrons. The second-order valence-corrected chi connectivity index (χ2v) is 4.09. The van der Waals surface area contributed by atoms with Gasteiger partial charge in [0.1, 0.15) is 11.9 Å². The highest BCUT2D eigenvalue weighted by atomic mass is 15.0. The lowest BCUT2D eigenvalue weighted by Gasteiger charge is -2.21. The minimum absolute atomic E-state index is 0.313. The molecule has 0 spiro atoms. The molecule has 2 unspecified atom stereocenters. The quantitative estimate of drug-likeness (QED) is 0.813. The number of rotatable bonds is 4. The number of hydrogen-bond donors (Lipinski definition) is 2. The standard InChI is InChI=1S/C12H18N4/c1-4-8(2)9(3)16-12-11(14)5-10(6-13)7-15-12/h5,7-9H,4,14H2,1-3H3,(H,15,16). The van der Waals surface area contributed by atoms with E-state index >= 15 is 0 Å². The molecular weight excluding hydrogens is 200 g/mol. The second kappa shape index (κ2) is 5.36. The second-order valence-electron chi connectivity index (χ2n) is 4.09. The van der Waals surface area contributed by atoms with E-state index in [0.29, 0.717) is 29.0 Å². The first kappa shape index (κ1) is 12.3. The van der Waals surface area contributed by atoms with Gasteiger partial charge in [-0.15, -0.1) is 0 Å². The van der Waals surface area contributed by atoms with Gasteiger partial charge in [-0.1, -0.05) is 20.3 Å². The molecule has 0 fully saturated rings. The number of nitrogens with one attached hydrogen (secondary N) is 1. The molecule has 0 bridgehead atoms. The zero-order chi connectivity index (χ0) is 12.1. The van der Waals surface area contributed by atoms with Crippen LogP contribution in [0.1, 0.15) is 32.8 Å². The molecule has 0 saturated heterocycles. The molecule has 1 rings (SSSR count). The van der Waals surface area contributed by atoms with Crippen molar-refractivity contribution in [3.8, 4) is 6.07 Å². The van der Waals surface area contributed by atoms with Crippen LogP contribution in [-0.4, -0.2) is 11.0 Å². The van der Waals surface area contributed by atoms with Crippen LogP contribution < -0.4 is 11.1 Å². The smallest absolute Gasteiger partial charge is 0.149 e. The van der Waals surface area contributed by atoms with E-state index in [9.17, 15) is 0 Å². The average Bonchev–Trinajstić information content (AvgIpc) is 2.30. The fourth-order valence-electron chi connectivity index (χ4n) is 1.37. The predicted molar refractivity (Wildman–Crippen MR) is 65.9 cm³/mol. The van der Waals surface area contributed by atoms with Gasteiger partial charge >= 0.3 is 0 Å². The Labute approximate surface area is 96.5 Å². The maximum atomic E-state index is 8.70. The minimum Gasteiger partial charge on any atom is -0.396 e. The zero-order valence-corrected chi connectivity index (χ0v) is 9.99. The third-order valence-electron chi connectivity index (χ3n) is 2.91. The van der Waals surface area contributed by atoms with E-state index < -0.39 is 0 Å². The van der Waals surface area contributed by atoms with Crippen LogP contribution in [0, 0.1) is 17.2 Å². The van der Waals surface area contributed by atoms with Gasteiger partial charge < -0.3 is 11.1 Å². The van der Waals surface area contributed by atoms with Crippen LogP contribution >= 0.6 is 0 Å². The summed E-state index contributed by atoms with van der Waals surface area (Å²) >= 11 is 0. The molecule has 1 aromatic rings. The highest BCUT2D eigenvalue weighted by Crippen LogP contribution is 2.19. The Morgan fingerprint density at radius 2 is 2.25 bits per heavy atom. The highest BCUT2D eigenvalue weighted by molar-refractivity contribution is 5.63. The number of nitrogen functional groups attached to an aromatic ring is 1. The van der Waals surface area contributed by atoms with Crippen LogP contribution in [0.2, 0.25) is 0 Å². The number of aromatic nitrogens is 1. The Morgan fingerprint density at radius 3 is 2.75 bits per heavy atom. The zero-order valence-electron chi connectivity index (χ0n) is 9.99. The van der Waals surface area contributed by atoms with Gasteiger partial charge in [0, 0.05) is 12.2 Å². The van der Waals surface area contributed by atoms with Crippen LogP contribution in [0.15, 0.2) is 12.3 Å². The lowest BCUT2D eigenvalue weighted by molar-refractivity contribution is 0.494. The van der Waals surface area contributed by atoms with E-state index in [4.69, 9.17) is 11.0 Å². The molecule has 3 N–H and O–H groups in total. The summed E-state index contributed by atoms with van der Waals surface area (Å²) in [5.41, 5.74) is 6.82. The van der Waals surface area contributed by atoms with Gasteiger partial charge in [0.2, 0.25) is 0 Å². The monoisotopic (exact) mass is 218 g/mol. The van der Waals surface area contributed by atoms with Crippen molar-refractivity contribution in [2.45, 2.75) is 33.2 Å². The minimum atomic E-state index is 0.313. The number of nitrogens with zero attached hydrogens (tertiary/aromatic N) is 2. The normalized spacial score (nSPS) is 13.9. The van der Waals surface area contributed by atoms with E-state index in [2.05, 4.69) is 31.1 Å². The van der Waals surface area contributed by atoms with Gasteiger partial charge in [-0.3, -0.25) is 0 Å². The van der Waals surface area contributed by atoms with Crippen molar-refractivity contribution in [2.24, 2.45) is 5.92 Å². The fraction of sp³-hybridized carbons (Fsp3) is 0.500. The number of nitrogens with two attached hydrogens (primary N) is 1. The molecule has 16 heavy (non-hydrogen) atoms. The molecule has 0 saturated carbocycles. The first-order chi connectivity index (χ1) is 7.58. The van der Waals surface area contributed by atoms with E-state index in [1.54, 1.807) is 6.07 Å². The maximum Gasteiger partial charge on any atom is 0.149 e. The number of hydrogen-bond acceptors (Lipinski definition) is 4. The molecule has 2 atom stereocenters. The summed E-state index contributed by atoms with van der Waals surface area (Å²) in [4.78, 5) is 4.15. The number of pyridine rings is 1. The van der Waals surface area contributed by atoms with Crippen LogP contribution in [0.25, 0.3) is 0 Å². The Bertz CT molecular complexity index is 394. The fourth-order valence-corrected chi connectivity index (χ4v) is 1.37. The van der Waals surface area contributed by atoms with E-state index in [1.165, 1.54) is 6.20 Å². The molecule has 0 aromatic carbocycles. The first-order valence-corrected chi connectivity index (χ1v) is 5.50. The van der Waals surface area contributed by atoms with Crippen LogP contribution in [0.3, 0.4) is 0 Å². The van der Waals surface area contributed by atoms with Gasteiger partial charge in [0.15, 0.2) is 0 Å². The molecule has 86 valence electrons. The Kier molecular flexibility index (Phi) is 4.12. The van der Waals surface area contributed by atoms with Crippen LogP contribution in [0.5, 0.6) is 0 Å². The summed E-state index contributed by atoms with van der Waals surface area (Å²) in [7, 11) is 0. The summed E-state index contributed by atoms with van der Waals surface area (Å²) in [6.45, 7) is 6.43. The molecule has 4 nitrogen and oxygen atoms in total. The topological polar surface area (TPSA) is 74.7 Å². The Balaban J connectivity index is 2.79. The highest BCUT2D eigenvalue weighted by Gasteiger charge is 2.12. The number of nitriles is 1. The third kappa shape index (κ3) is 2.86. The van der Waals surface area contributed by atoms with Crippen molar-refractivity contribution in [1.82, 2.24) is 4.98 Å². The van der Waals surface area contributed by atoms with Crippen molar-refractivity contribution in [2.75, 3.05) is 11.1 Å². The van der Waals surface area contributed by atoms with Gasteiger partial charge in [-0.05, 0) is 18.9 Å². The molecule has 1 aromatic heterocycles. The first-order valence-electron chi connectivity index (χ1n) is 5.50. The van der Waals surface area contributed by atoms with Crippen molar-refractivity contribution in [3.05, 3.63) is 17.8 Å². The molecule has 0 aliphatic rings. The number of anilines is 2. The van der Waals surface area contributed by atoms with Crippen molar-refractivity contribution < 1.29 is 0 Å². The Hall–Kier alpha value is -1.76. The van der Waals surface area contributed by atoms with Crippen molar-refractivity contribution in [3.63, 3.8) is 0 Å². The van der Waals surface area contributed by atoms with Gasteiger partial charge in [-0.25, -0.2) is 4.98 Å². The van der Waals surface area contributed by atoms with Crippen molar-refractivity contribution >= 4 is 11.5 Å². The van der Waals surface area contributed by atoms with Crippen LogP contribution in [0.4, 0.5) is 11.5 Å². The summed E-state index contributed by atoms with van der Waals surface area (Å²) in [5.74, 6) is 1.21. The van der Waals surface area contributed by atoms with Gasteiger partial charge in [0.25, 0.3) is 0 Å². The third-order valence-corrected chi connectivity index (χ3v) is 2.91. The van der Waals surface area contributed by atoms with E-state index in [0.717, 1.165) is 6.42 Å². The molecule has 0 amide bonds. The molecule has 0 aliphatic heterocycles. The lowest BCUT2D eigenvalue weighted by Crippen LogP contribution is -2.24. The SMILES string of the molecule is CCC(C)C(C)Nc1ncc(C#N)cc1N.